The summed E-state index contributed by atoms with van der Waals surface area (Å²) >= 11 is 0. The maximum atomic E-state index is 10.9. The number of benzene rings is 2. The van der Waals surface area contributed by atoms with Crippen molar-refractivity contribution in [3.63, 3.8) is 0 Å². The van der Waals surface area contributed by atoms with Gasteiger partial charge in [-0.2, -0.15) is 15.3 Å². The number of nitro groups is 1. The first-order valence-corrected chi connectivity index (χ1v) is 9.13. The van der Waals surface area contributed by atoms with Gasteiger partial charge in [0.2, 0.25) is 0 Å². The van der Waals surface area contributed by atoms with Crippen molar-refractivity contribution in [1.29, 1.82) is 0 Å². The number of rotatable bonds is 5. The predicted octanol–water partition coefficient (Wildman–Crippen LogP) is 4.23. The highest BCUT2D eigenvalue weighted by atomic mass is 16.6. The lowest BCUT2D eigenvalue weighted by atomic mass is 10.00. The van der Waals surface area contributed by atoms with E-state index in [0.29, 0.717) is 0 Å². The molecule has 0 saturated carbocycles. The highest BCUT2D eigenvalue weighted by Gasteiger charge is 2.12. The normalized spacial score (nSPS) is 10.9. The summed E-state index contributed by atoms with van der Waals surface area (Å²) < 4.78 is 1.69. The molecular weight excluding hydrogens is 382 g/mol. The van der Waals surface area contributed by atoms with Crippen LogP contribution in [-0.2, 0) is 0 Å². The van der Waals surface area contributed by atoms with Crippen LogP contribution in [0.5, 0.6) is 0 Å². The summed E-state index contributed by atoms with van der Waals surface area (Å²) in [6.07, 6.45) is 5.25. The Balaban J connectivity index is 1.56. The number of aromatic amines is 2. The summed E-state index contributed by atoms with van der Waals surface area (Å²) in [4.78, 5) is 10.4. The maximum Gasteiger partial charge on any atom is 0.269 e. The van der Waals surface area contributed by atoms with E-state index in [-0.39, 0.29) is 5.69 Å². The molecule has 0 unspecified atom stereocenters. The Hall–Kier alpha value is -4.53. The third-order valence-electron chi connectivity index (χ3n) is 4.77. The lowest BCUT2D eigenvalue weighted by Gasteiger charge is -2.07. The van der Waals surface area contributed by atoms with E-state index in [2.05, 4.69) is 31.6 Å². The van der Waals surface area contributed by atoms with Gasteiger partial charge >= 0.3 is 0 Å². The fourth-order valence-electron chi connectivity index (χ4n) is 3.27. The third-order valence-corrected chi connectivity index (χ3v) is 4.77. The van der Waals surface area contributed by atoms with Gasteiger partial charge in [-0.15, -0.1) is 0 Å². The molecule has 0 radical (unpaired) electrons. The molecule has 2 N–H and O–H groups in total. The monoisotopic (exact) mass is 397 g/mol. The Bertz CT molecular complexity index is 1250. The zero-order valence-electron chi connectivity index (χ0n) is 15.6. The van der Waals surface area contributed by atoms with Crippen LogP contribution in [0.4, 0.5) is 5.69 Å². The molecule has 3 heterocycles. The molecule has 9 nitrogen and oxygen atoms in total. The summed E-state index contributed by atoms with van der Waals surface area (Å²) in [6.45, 7) is 0. The van der Waals surface area contributed by atoms with Gasteiger partial charge in [0.15, 0.2) is 0 Å². The zero-order valence-corrected chi connectivity index (χ0v) is 15.6. The molecule has 0 aliphatic rings. The van der Waals surface area contributed by atoms with E-state index >= 15 is 0 Å². The van der Waals surface area contributed by atoms with Gasteiger partial charge in [-0.05, 0) is 48.5 Å². The minimum atomic E-state index is -0.420. The third kappa shape index (κ3) is 3.24. The van der Waals surface area contributed by atoms with E-state index in [9.17, 15) is 10.1 Å². The second-order valence-electron chi connectivity index (χ2n) is 6.66. The molecule has 0 aliphatic heterocycles. The van der Waals surface area contributed by atoms with Crippen molar-refractivity contribution in [2.45, 2.75) is 0 Å². The van der Waals surface area contributed by atoms with Crippen LogP contribution >= 0.6 is 0 Å². The van der Waals surface area contributed by atoms with Crippen LogP contribution in [-0.4, -0.2) is 35.1 Å². The molecule has 3 aromatic heterocycles. The second kappa shape index (κ2) is 7.13. The van der Waals surface area contributed by atoms with Crippen molar-refractivity contribution in [2.24, 2.45) is 0 Å². The summed E-state index contributed by atoms with van der Waals surface area (Å²) in [5.41, 5.74) is 6.22. The van der Waals surface area contributed by atoms with Crippen molar-refractivity contribution in [3.05, 3.63) is 89.4 Å². The van der Waals surface area contributed by atoms with Crippen LogP contribution < -0.4 is 0 Å². The molecule has 146 valence electrons. The van der Waals surface area contributed by atoms with Crippen molar-refractivity contribution < 1.29 is 4.92 Å². The maximum absolute atomic E-state index is 10.9. The summed E-state index contributed by atoms with van der Waals surface area (Å²) in [5, 5.41) is 29.6. The molecule has 0 aliphatic carbocycles. The average molecular weight is 397 g/mol. The first kappa shape index (κ1) is 17.6. The van der Waals surface area contributed by atoms with Crippen LogP contribution in [0.1, 0.15) is 0 Å². The first-order chi connectivity index (χ1) is 14.7. The molecule has 0 bridgehead atoms. The molecule has 5 rings (SSSR count). The number of nitrogens with one attached hydrogen (secondary N) is 2. The van der Waals surface area contributed by atoms with Gasteiger partial charge in [0.1, 0.15) is 0 Å². The minimum absolute atomic E-state index is 0.0441. The smallest absolute Gasteiger partial charge is 0.269 e. The van der Waals surface area contributed by atoms with Gasteiger partial charge in [0, 0.05) is 47.4 Å². The van der Waals surface area contributed by atoms with E-state index in [1.807, 2.05) is 36.5 Å². The van der Waals surface area contributed by atoms with E-state index in [0.717, 1.165) is 39.5 Å². The van der Waals surface area contributed by atoms with Crippen LogP contribution in [0.2, 0.25) is 0 Å². The van der Waals surface area contributed by atoms with E-state index in [4.69, 9.17) is 0 Å². The molecule has 2 aromatic carbocycles. The number of hydrogen-bond donors (Lipinski definition) is 2. The van der Waals surface area contributed by atoms with Crippen molar-refractivity contribution in [2.75, 3.05) is 0 Å². The number of nitro benzene ring substituents is 1. The van der Waals surface area contributed by atoms with Crippen LogP contribution in [0.3, 0.4) is 0 Å². The number of nitrogens with zero attached hydrogens (tertiary/aromatic N) is 5. The quantitative estimate of drug-likeness (QED) is 0.340. The molecule has 5 aromatic rings. The van der Waals surface area contributed by atoms with Gasteiger partial charge in [-0.1, -0.05) is 0 Å². The van der Waals surface area contributed by atoms with Crippen molar-refractivity contribution >= 4 is 5.69 Å². The lowest BCUT2D eigenvalue weighted by Crippen LogP contribution is -1.96. The summed E-state index contributed by atoms with van der Waals surface area (Å²) in [5.74, 6) is 0. The fraction of sp³-hybridized carbons (Fsp3) is 0. The fourth-order valence-corrected chi connectivity index (χ4v) is 3.27. The van der Waals surface area contributed by atoms with Crippen LogP contribution in [0, 0.1) is 10.1 Å². The van der Waals surface area contributed by atoms with Gasteiger partial charge in [0.25, 0.3) is 5.69 Å². The summed E-state index contributed by atoms with van der Waals surface area (Å²) in [7, 11) is 0. The Morgan fingerprint density at radius 2 is 1.40 bits per heavy atom. The molecule has 0 fully saturated rings. The standard InChI is InChI=1S/C21H15N7O2/c29-28(30)18-3-1-17(2-4-18)27-10-7-21(26-27)16-12-14(19-5-8-22-24-19)11-15(13-16)20-6-9-23-25-20/h1-13H,(H,22,24)(H,23,25). The second-order valence-corrected chi connectivity index (χ2v) is 6.66. The van der Waals surface area contributed by atoms with Gasteiger partial charge in [-0.3, -0.25) is 20.3 Å². The molecule has 0 atom stereocenters. The number of non-ortho nitro benzene ring substituents is 1. The van der Waals surface area contributed by atoms with Gasteiger partial charge < -0.3 is 0 Å². The molecule has 30 heavy (non-hydrogen) atoms. The molecule has 0 saturated heterocycles. The minimum Gasteiger partial charge on any atom is -0.278 e. The molecular formula is C21H15N7O2. The van der Waals surface area contributed by atoms with Gasteiger partial charge in [0.05, 0.1) is 27.7 Å². The Kier molecular flexibility index (Phi) is 4.18. The van der Waals surface area contributed by atoms with E-state index in [1.165, 1.54) is 12.1 Å². The Morgan fingerprint density at radius 1 is 0.800 bits per heavy atom. The molecule has 0 spiro atoms. The summed E-state index contributed by atoms with van der Waals surface area (Å²) in [6, 6.07) is 18.1. The Morgan fingerprint density at radius 3 is 1.93 bits per heavy atom. The molecule has 9 heteroatoms. The van der Waals surface area contributed by atoms with Crippen LogP contribution in [0.25, 0.3) is 39.5 Å². The number of hydrogen-bond acceptors (Lipinski definition) is 5. The van der Waals surface area contributed by atoms with Gasteiger partial charge in [-0.25, -0.2) is 4.68 Å². The highest BCUT2D eigenvalue weighted by Crippen LogP contribution is 2.31. The first-order valence-electron chi connectivity index (χ1n) is 9.13. The largest absolute Gasteiger partial charge is 0.278 e. The van der Waals surface area contributed by atoms with Crippen LogP contribution in [0.15, 0.2) is 79.3 Å². The van der Waals surface area contributed by atoms with E-state index in [1.54, 1.807) is 29.2 Å². The Labute approximate surface area is 170 Å². The topological polar surface area (TPSA) is 118 Å². The van der Waals surface area contributed by atoms with Crippen molar-refractivity contribution in [3.8, 4) is 39.5 Å². The SMILES string of the molecule is O=[N+]([O-])c1ccc(-n2ccc(-c3cc(-c4ccn[nH]4)cc(-c4ccn[nH]4)c3)n2)cc1. The van der Waals surface area contributed by atoms with Crippen molar-refractivity contribution in [1.82, 2.24) is 30.2 Å². The number of aromatic nitrogens is 6. The molecule has 0 amide bonds. The highest BCUT2D eigenvalue weighted by molar-refractivity contribution is 5.77. The number of H-pyrrole nitrogens is 2. The predicted molar refractivity (Wildman–Crippen MR) is 111 cm³/mol. The zero-order chi connectivity index (χ0) is 20.5. The van der Waals surface area contributed by atoms with E-state index < -0.39 is 4.92 Å². The average Bonchev–Trinajstić information content (AvgIpc) is 3.56. The lowest BCUT2D eigenvalue weighted by molar-refractivity contribution is -0.384.